The molecule has 1 aliphatic heterocycles. The minimum absolute atomic E-state index is 0.207. The molecule has 1 aromatic rings. The minimum Gasteiger partial charge on any atom is -0.481 e. The number of aryl methyl sites for hydroxylation is 2. The summed E-state index contributed by atoms with van der Waals surface area (Å²) in [5, 5.41) is 8.91. The average Bonchev–Trinajstić information content (AvgIpc) is 2.94. The summed E-state index contributed by atoms with van der Waals surface area (Å²) in [7, 11) is 0. The molecule has 18 heavy (non-hydrogen) atoms. The smallest absolute Gasteiger partial charge is 0.308 e. The number of carbonyl (C=O) groups is 2. The highest BCUT2D eigenvalue weighted by molar-refractivity contribution is 5.92. The summed E-state index contributed by atoms with van der Waals surface area (Å²) in [5.41, 5.74) is 0.967. The van der Waals surface area contributed by atoms with Gasteiger partial charge >= 0.3 is 5.97 Å². The number of carboxylic acid groups (broad SMARTS) is 1. The Bertz CT molecular complexity index is 477. The zero-order valence-electron chi connectivity index (χ0n) is 10.6. The van der Waals surface area contributed by atoms with Crippen molar-refractivity contribution in [2.75, 3.05) is 13.1 Å². The number of hydrogen-bond donors (Lipinski definition) is 1. The summed E-state index contributed by atoms with van der Waals surface area (Å²) >= 11 is 0. The standard InChI is InChI=1S/C13H17NO4/c1-3-10-8(2)6-11(18-10)12(15)14-5-4-9(7-14)13(16)17/h6,9H,3-5,7H2,1-2H3,(H,16,17)/t9-/m0/s1. The number of carboxylic acids is 1. The van der Waals surface area contributed by atoms with Gasteiger partial charge in [0.15, 0.2) is 5.76 Å². The molecule has 2 rings (SSSR count). The lowest BCUT2D eigenvalue weighted by Crippen LogP contribution is -2.29. The van der Waals surface area contributed by atoms with Gasteiger partial charge in [-0.15, -0.1) is 0 Å². The van der Waals surface area contributed by atoms with Crippen LogP contribution in [0.4, 0.5) is 0 Å². The molecule has 0 unspecified atom stereocenters. The number of hydrogen-bond acceptors (Lipinski definition) is 3. The highest BCUT2D eigenvalue weighted by atomic mass is 16.4. The number of aliphatic carboxylic acids is 1. The first-order valence-corrected chi connectivity index (χ1v) is 6.14. The molecule has 0 spiro atoms. The maximum Gasteiger partial charge on any atom is 0.308 e. The average molecular weight is 251 g/mol. The van der Waals surface area contributed by atoms with Gasteiger partial charge in [-0.3, -0.25) is 9.59 Å². The van der Waals surface area contributed by atoms with E-state index in [1.807, 2.05) is 13.8 Å². The number of nitrogens with zero attached hydrogens (tertiary/aromatic N) is 1. The van der Waals surface area contributed by atoms with E-state index in [0.29, 0.717) is 18.7 Å². The highest BCUT2D eigenvalue weighted by Gasteiger charge is 2.32. The molecule has 98 valence electrons. The molecule has 0 radical (unpaired) electrons. The molecular weight excluding hydrogens is 234 g/mol. The first-order valence-electron chi connectivity index (χ1n) is 6.14. The van der Waals surface area contributed by atoms with E-state index >= 15 is 0 Å². The molecule has 1 amide bonds. The molecule has 0 bridgehead atoms. The van der Waals surface area contributed by atoms with Crippen LogP contribution < -0.4 is 0 Å². The molecule has 5 heteroatoms. The number of carbonyl (C=O) groups excluding carboxylic acids is 1. The van der Waals surface area contributed by atoms with Gasteiger partial charge in [0, 0.05) is 19.5 Å². The van der Waals surface area contributed by atoms with E-state index in [-0.39, 0.29) is 12.5 Å². The molecule has 1 fully saturated rings. The molecule has 1 saturated heterocycles. The number of furan rings is 1. The van der Waals surface area contributed by atoms with Gasteiger partial charge in [0.1, 0.15) is 5.76 Å². The molecular formula is C13H17NO4. The summed E-state index contributed by atoms with van der Waals surface area (Å²) < 4.78 is 5.49. The maximum atomic E-state index is 12.1. The van der Waals surface area contributed by atoms with Gasteiger partial charge in [-0.25, -0.2) is 0 Å². The van der Waals surface area contributed by atoms with Crippen LogP contribution in [-0.4, -0.2) is 35.0 Å². The fourth-order valence-corrected chi connectivity index (χ4v) is 2.28. The molecule has 1 N–H and O–H groups in total. The van der Waals surface area contributed by atoms with Crippen LogP contribution in [0.1, 0.15) is 35.2 Å². The van der Waals surface area contributed by atoms with Gasteiger partial charge < -0.3 is 14.4 Å². The van der Waals surface area contributed by atoms with Gasteiger partial charge in [0.2, 0.25) is 0 Å². The summed E-state index contributed by atoms with van der Waals surface area (Å²) in [6.07, 6.45) is 1.26. The van der Waals surface area contributed by atoms with Crippen molar-refractivity contribution in [1.29, 1.82) is 0 Å². The van der Waals surface area contributed by atoms with Crippen LogP contribution in [0.25, 0.3) is 0 Å². The fraction of sp³-hybridized carbons (Fsp3) is 0.538. The largest absolute Gasteiger partial charge is 0.481 e. The van der Waals surface area contributed by atoms with Gasteiger partial charge in [-0.05, 0) is 25.0 Å². The van der Waals surface area contributed by atoms with Crippen molar-refractivity contribution >= 4 is 11.9 Å². The second-order valence-electron chi connectivity index (χ2n) is 4.65. The third kappa shape index (κ3) is 2.25. The van der Waals surface area contributed by atoms with Crippen molar-refractivity contribution in [1.82, 2.24) is 4.90 Å². The minimum atomic E-state index is -0.838. The summed E-state index contributed by atoms with van der Waals surface area (Å²) in [6, 6.07) is 1.73. The van der Waals surface area contributed by atoms with E-state index in [0.717, 1.165) is 17.7 Å². The molecule has 0 saturated carbocycles. The molecule has 5 nitrogen and oxygen atoms in total. The monoisotopic (exact) mass is 251 g/mol. The van der Waals surface area contributed by atoms with Gasteiger partial charge in [-0.2, -0.15) is 0 Å². The lowest BCUT2D eigenvalue weighted by molar-refractivity contribution is -0.141. The Morgan fingerprint density at radius 2 is 2.28 bits per heavy atom. The van der Waals surface area contributed by atoms with Crippen molar-refractivity contribution in [2.45, 2.75) is 26.7 Å². The Morgan fingerprint density at radius 1 is 1.56 bits per heavy atom. The lowest BCUT2D eigenvalue weighted by Gasteiger charge is -2.13. The first-order chi connectivity index (χ1) is 8.52. The summed E-state index contributed by atoms with van der Waals surface area (Å²) in [6.45, 7) is 4.63. The van der Waals surface area contributed by atoms with Crippen molar-refractivity contribution in [3.8, 4) is 0 Å². The second kappa shape index (κ2) is 4.84. The predicted molar refractivity (Wildman–Crippen MR) is 64.5 cm³/mol. The zero-order chi connectivity index (χ0) is 13.3. The van der Waals surface area contributed by atoms with Crippen molar-refractivity contribution in [2.24, 2.45) is 5.92 Å². The zero-order valence-corrected chi connectivity index (χ0v) is 10.6. The molecule has 0 aliphatic carbocycles. The van der Waals surface area contributed by atoms with Crippen LogP contribution in [-0.2, 0) is 11.2 Å². The molecule has 2 heterocycles. The van der Waals surface area contributed by atoms with Crippen LogP contribution >= 0.6 is 0 Å². The molecule has 1 atom stereocenters. The highest BCUT2D eigenvalue weighted by Crippen LogP contribution is 2.21. The Morgan fingerprint density at radius 3 is 2.78 bits per heavy atom. The van der Waals surface area contributed by atoms with E-state index in [9.17, 15) is 9.59 Å². The van der Waals surface area contributed by atoms with E-state index in [1.165, 1.54) is 0 Å². The van der Waals surface area contributed by atoms with E-state index < -0.39 is 11.9 Å². The third-order valence-corrected chi connectivity index (χ3v) is 3.38. The normalized spacial score (nSPS) is 19.2. The predicted octanol–water partition coefficient (Wildman–Crippen LogP) is 1.70. The van der Waals surface area contributed by atoms with E-state index in [1.54, 1.807) is 11.0 Å². The van der Waals surface area contributed by atoms with E-state index in [4.69, 9.17) is 9.52 Å². The fourth-order valence-electron chi connectivity index (χ4n) is 2.28. The van der Waals surface area contributed by atoms with Crippen molar-refractivity contribution in [3.63, 3.8) is 0 Å². The molecule has 0 aromatic carbocycles. The Kier molecular flexibility index (Phi) is 3.41. The quantitative estimate of drug-likeness (QED) is 0.887. The third-order valence-electron chi connectivity index (χ3n) is 3.38. The second-order valence-corrected chi connectivity index (χ2v) is 4.65. The Labute approximate surface area is 105 Å². The first kappa shape index (κ1) is 12.7. The van der Waals surface area contributed by atoms with Crippen LogP contribution in [0, 0.1) is 12.8 Å². The summed E-state index contributed by atoms with van der Waals surface area (Å²) in [4.78, 5) is 24.5. The summed E-state index contributed by atoms with van der Waals surface area (Å²) in [5.74, 6) is -0.366. The number of rotatable bonds is 3. The van der Waals surface area contributed by atoms with Gasteiger partial charge in [0.25, 0.3) is 5.91 Å². The molecule has 1 aromatic heterocycles. The molecule has 1 aliphatic rings. The maximum absolute atomic E-state index is 12.1. The number of likely N-dealkylation sites (tertiary alicyclic amines) is 1. The van der Waals surface area contributed by atoms with Crippen LogP contribution in [0.3, 0.4) is 0 Å². The topological polar surface area (TPSA) is 70.8 Å². The SMILES string of the molecule is CCc1oc(C(=O)N2CC[C@H](C(=O)O)C2)cc1C. The Hall–Kier alpha value is -1.78. The Balaban J connectivity index is 2.10. The lowest BCUT2D eigenvalue weighted by atomic mass is 10.1. The van der Waals surface area contributed by atoms with Gasteiger partial charge in [0.05, 0.1) is 5.92 Å². The van der Waals surface area contributed by atoms with Crippen molar-refractivity contribution in [3.05, 3.63) is 23.2 Å². The van der Waals surface area contributed by atoms with Crippen LogP contribution in [0.15, 0.2) is 10.5 Å². The van der Waals surface area contributed by atoms with E-state index in [2.05, 4.69) is 0 Å². The van der Waals surface area contributed by atoms with Crippen molar-refractivity contribution < 1.29 is 19.1 Å². The van der Waals surface area contributed by atoms with Crippen LogP contribution in [0.5, 0.6) is 0 Å². The van der Waals surface area contributed by atoms with Crippen LogP contribution in [0.2, 0.25) is 0 Å². The van der Waals surface area contributed by atoms with Gasteiger partial charge in [-0.1, -0.05) is 6.92 Å². The number of amides is 1.